The van der Waals surface area contributed by atoms with Crippen LogP contribution in [0.3, 0.4) is 0 Å². The molecule has 3 nitrogen and oxygen atoms in total. The fourth-order valence-electron chi connectivity index (χ4n) is 1.33. The molecule has 1 N–H and O–H groups in total. The predicted octanol–water partition coefficient (Wildman–Crippen LogP) is 2.88. The van der Waals surface area contributed by atoms with Crippen molar-refractivity contribution >= 4 is 12.4 Å². The topological polar surface area (TPSA) is 42.4 Å². The van der Waals surface area contributed by atoms with Crippen molar-refractivity contribution in [1.82, 2.24) is 4.98 Å². The van der Waals surface area contributed by atoms with Crippen LogP contribution in [0, 0.1) is 0 Å². The van der Waals surface area contributed by atoms with E-state index in [1.165, 1.54) is 0 Å². The number of halogens is 1. The molecule has 0 aliphatic heterocycles. The maximum Gasteiger partial charge on any atom is 0.122 e. The second-order valence-electron chi connectivity index (χ2n) is 3.13. The second kappa shape index (κ2) is 5.37. The highest BCUT2D eigenvalue weighted by atomic mass is 35.5. The van der Waals surface area contributed by atoms with Gasteiger partial charge in [0.15, 0.2) is 0 Å². The van der Waals surface area contributed by atoms with E-state index in [0.29, 0.717) is 0 Å². The van der Waals surface area contributed by atoms with E-state index in [4.69, 9.17) is 9.84 Å². The van der Waals surface area contributed by atoms with Gasteiger partial charge in [-0.3, -0.25) is 4.98 Å². The van der Waals surface area contributed by atoms with Gasteiger partial charge in [0.2, 0.25) is 0 Å². The van der Waals surface area contributed by atoms with Gasteiger partial charge < -0.3 is 9.84 Å². The Bertz CT molecular complexity index is 457. The molecule has 0 saturated heterocycles. The van der Waals surface area contributed by atoms with E-state index in [-0.39, 0.29) is 18.2 Å². The summed E-state index contributed by atoms with van der Waals surface area (Å²) in [7, 11) is 1.62. The summed E-state index contributed by atoms with van der Waals surface area (Å²) < 4.78 is 5.11. The Balaban J connectivity index is 0.00000128. The SMILES string of the molecule is COc1ccnc(-c2ccc(O)cc2)c1.Cl. The van der Waals surface area contributed by atoms with E-state index >= 15 is 0 Å². The summed E-state index contributed by atoms with van der Waals surface area (Å²) >= 11 is 0. The Morgan fingerprint density at radius 2 is 1.81 bits per heavy atom. The normalized spacial score (nSPS) is 9.31. The molecule has 2 rings (SSSR count). The molecule has 84 valence electrons. The third-order valence-electron chi connectivity index (χ3n) is 2.13. The third-order valence-corrected chi connectivity index (χ3v) is 2.13. The summed E-state index contributed by atoms with van der Waals surface area (Å²) in [4.78, 5) is 4.23. The Hall–Kier alpha value is -1.74. The van der Waals surface area contributed by atoms with Crippen molar-refractivity contribution in [3.8, 4) is 22.8 Å². The lowest BCUT2D eigenvalue weighted by Gasteiger charge is -2.03. The number of benzene rings is 1. The maximum absolute atomic E-state index is 9.16. The molecule has 1 aromatic heterocycles. The van der Waals surface area contributed by atoms with Crippen molar-refractivity contribution in [3.05, 3.63) is 42.6 Å². The van der Waals surface area contributed by atoms with Crippen LogP contribution in [0.25, 0.3) is 11.3 Å². The number of phenolic OH excluding ortho intramolecular Hbond substituents is 1. The molecule has 0 spiro atoms. The Morgan fingerprint density at radius 1 is 1.12 bits per heavy atom. The number of aromatic nitrogens is 1. The Morgan fingerprint density at radius 3 is 2.44 bits per heavy atom. The molecule has 0 atom stereocenters. The molecule has 1 aromatic carbocycles. The van der Waals surface area contributed by atoms with Crippen molar-refractivity contribution in [2.75, 3.05) is 7.11 Å². The average Bonchev–Trinajstić information content (AvgIpc) is 2.30. The highest BCUT2D eigenvalue weighted by Crippen LogP contribution is 2.22. The minimum Gasteiger partial charge on any atom is -0.508 e. The van der Waals surface area contributed by atoms with Crippen LogP contribution in [-0.2, 0) is 0 Å². The molecular formula is C12H12ClNO2. The molecule has 0 saturated carbocycles. The molecule has 2 aromatic rings. The van der Waals surface area contributed by atoms with Crippen molar-refractivity contribution in [2.24, 2.45) is 0 Å². The summed E-state index contributed by atoms with van der Waals surface area (Å²) in [5.74, 6) is 1.02. The maximum atomic E-state index is 9.16. The van der Waals surface area contributed by atoms with Gasteiger partial charge in [-0.15, -0.1) is 12.4 Å². The molecule has 1 heterocycles. The van der Waals surface area contributed by atoms with E-state index in [1.54, 1.807) is 31.5 Å². The van der Waals surface area contributed by atoms with Crippen LogP contribution in [0.2, 0.25) is 0 Å². The largest absolute Gasteiger partial charge is 0.508 e. The van der Waals surface area contributed by atoms with E-state index in [0.717, 1.165) is 17.0 Å². The van der Waals surface area contributed by atoms with Crippen LogP contribution in [0.15, 0.2) is 42.6 Å². The molecule has 0 aliphatic rings. The Kier molecular flexibility index (Phi) is 4.14. The number of nitrogens with zero attached hydrogens (tertiary/aromatic N) is 1. The van der Waals surface area contributed by atoms with Gasteiger partial charge in [0.1, 0.15) is 11.5 Å². The van der Waals surface area contributed by atoms with Gasteiger partial charge >= 0.3 is 0 Å². The van der Waals surface area contributed by atoms with Gasteiger partial charge in [-0.25, -0.2) is 0 Å². The van der Waals surface area contributed by atoms with Crippen LogP contribution in [0.5, 0.6) is 11.5 Å². The zero-order chi connectivity index (χ0) is 10.7. The molecule has 0 bridgehead atoms. The zero-order valence-electron chi connectivity index (χ0n) is 8.75. The van der Waals surface area contributed by atoms with Crippen molar-refractivity contribution in [1.29, 1.82) is 0 Å². The molecule has 0 aliphatic carbocycles. The number of methoxy groups -OCH3 is 1. The van der Waals surface area contributed by atoms with Crippen molar-refractivity contribution < 1.29 is 9.84 Å². The van der Waals surface area contributed by atoms with Crippen LogP contribution < -0.4 is 4.74 Å². The van der Waals surface area contributed by atoms with Gasteiger partial charge in [-0.05, 0) is 30.3 Å². The standard InChI is InChI=1S/C12H11NO2.ClH/c1-15-11-6-7-13-12(8-11)9-2-4-10(14)5-3-9;/h2-8,14H,1H3;1H. The van der Waals surface area contributed by atoms with E-state index in [1.807, 2.05) is 18.2 Å². The molecule has 16 heavy (non-hydrogen) atoms. The highest BCUT2D eigenvalue weighted by Gasteiger charge is 2.00. The minimum atomic E-state index is 0. The molecule has 4 heteroatoms. The number of phenols is 1. The lowest BCUT2D eigenvalue weighted by atomic mass is 10.1. The van der Waals surface area contributed by atoms with E-state index < -0.39 is 0 Å². The van der Waals surface area contributed by atoms with E-state index in [2.05, 4.69) is 4.98 Å². The van der Waals surface area contributed by atoms with Gasteiger partial charge in [-0.2, -0.15) is 0 Å². The highest BCUT2D eigenvalue weighted by molar-refractivity contribution is 5.85. The summed E-state index contributed by atoms with van der Waals surface area (Å²) in [5, 5.41) is 9.16. The van der Waals surface area contributed by atoms with Gasteiger partial charge in [0, 0.05) is 17.8 Å². The third kappa shape index (κ3) is 2.64. The lowest BCUT2D eigenvalue weighted by Crippen LogP contribution is -1.86. The average molecular weight is 238 g/mol. The van der Waals surface area contributed by atoms with E-state index in [9.17, 15) is 0 Å². The number of pyridine rings is 1. The minimum absolute atomic E-state index is 0. The molecule has 0 unspecified atom stereocenters. The monoisotopic (exact) mass is 237 g/mol. The summed E-state index contributed by atoms with van der Waals surface area (Å²) in [6.45, 7) is 0. The summed E-state index contributed by atoms with van der Waals surface area (Å²) in [6, 6.07) is 10.6. The lowest BCUT2D eigenvalue weighted by molar-refractivity contribution is 0.414. The fourth-order valence-corrected chi connectivity index (χ4v) is 1.33. The van der Waals surface area contributed by atoms with Gasteiger partial charge in [0.05, 0.1) is 12.8 Å². The van der Waals surface area contributed by atoms with Crippen LogP contribution in [0.4, 0.5) is 0 Å². The first-order valence-electron chi connectivity index (χ1n) is 4.59. The summed E-state index contributed by atoms with van der Waals surface area (Å²) in [6.07, 6.45) is 1.70. The van der Waals surface area contributed by atoms with Crippen LogP contribution in [0.1, 0.15) is 0 Å². The van der Waals surface area contributed by atoms with Gasteiger partial charge in [0.25, 0.3) is 0 Å². The number of ether oxygens (including phenoxy) is 1. The first kappa shape index (κ1) is 12.3. The van der Waals surface area contributed by atoms with Crippen LogP contribution >= 0.6 is 12.4 Å². The quantitative estimate of drug-likeness (QED) is 0.873. The molecule has 0 fully saturated rings. The zero-order valence-corrected chi connectivity index (χ0v) is 9.57. The van der Waals surface area contributed by atoms with Crippen molar-refractivity contribution in [3.63, 3.8) is 0 Å². The smallest absolute Gasteiger partial charge is 0.122 e. The first-order valence-corrected chi connectivity index (χ1v) is 4.59. The number of hydrogen-bond donors (Lipinski definition) is 1. The molecule has 0 amide bonds. The molecule has 0 radical (unpaired) electrons. The van der Waals surface area contributed by atoms with Gasteiger partial charge in [-0.1, -0.05) is 0 Å². The number of aromatic hydroxyl groups is 1. The Labute approximate surface area is 100 Å². The number of hydrogen-bond acceptors (Lipinski definition) is 3. The second-order valence-corrected chi connectivity index (χ2v) is 3.13. The first-order chi connectivity index (χ1) is 7.29. The molecular weight excluding hydrogens is 226 g/mol. The fraction of sp³-hybridized carbons (Fsp3) is 0.0833. The van der Waals surface area contributed by atoms with Crippen LogP contribution in [-0.4, -0.2) is 17.2 Å². The number of rotatable bonds is 2. The van der Waals surface area contributed by atoms with Crippen molar-refractivity contribution in [2.45, 2.75) is 0 Å². The summed E-state index contributed by atoms with van der Waals surface area (Å²) in [5.41, 5.74) is 1.78. The predicted molar refractivity (Wildman–Crippen MR) is 65.1 cm³/mol.